The molecule has 0 radical (unpaired) electrons. The second-order valence-electron chi connectivity index (χ2n) is 9.33. The molecule has 1 aromatic heterocycles. The normalized spacial score (nSPS) is 29.8. The second kappa shape index (κ2) is 6.45. The maximum absolute atomic E-state index is 13.3. The van der Waals surface area contributed by atoms with Crippen molar-refractivity contribution in [2.75, 3.05) is 0 Å². The summed E-state index contributed by atoms with van der Waals surface area (Å²) in [7, 11) is 1.62. The van der Waals surface area contributed by atoms with Gasteiger partial charge in [-0.05, 0) is 56.2 Å². The molecule has 3 unspecified atom stereocenters. The van der Waals surface area contributed by atoms with Crippen molar-refractivity contribution >= 4 is 11.6 Å². The van der Waals surface area contributed by atoms with Gasteiger partial charge in [-0.15, -0.1) is 0 Å². The Bertz CT molecular complexity index is 1070. The summed E-state index contributed by atoms with van der Waals surface area (Å²) < 4.78 is 7.39. The van der Waals surface area contributed by atoms with Crippen molar-refractivity contribution in [3.8, 4) is 11.8 Å². The SMILES string of the molecule is Cc1cc(C)c(C2C(=O)CC(CC3C[C@@H]4O[C@H]3c3c4c(O)n(C)c3O)C2=O)c(C)c1. The second-order valence-corrected chi connectivity index (χ2v) is 9.33. The summed E-state index contributed by atoms with van der Waals surface area (Å²) in [4.78, 5) is 26.2. The van der Waals surface area contributed by atoms with Crippen LogP contribution in [0.3, 0.4) is 0 Å². The van der Waals surface area contributed by atoms with Crippen LogP contribution in [0.2, 0.25) is 0 Å². The van der Waals surface area contributed by atoms with Crippen LogP contribution in [0, 0.1) is 32.6 Å². The molecule has 0 spiro atoms. The predicted octanol–water partition coefficient (Wildman–Crippen LogP) is 3.83. The number of aromatic nitrogens is 1. The van der Waals surface area contributed by atoms with Crippen LogP contribution in [0.4, 0.5) is 0 Å². The molecule has 30 heavy (non-hydrogen) atoms. The molecule has 5 rings (SSSR count). The van der Waals surface area contributed by atoms with Gasteiger partial charge in [0.25, 0.3) is 0 Å². The molecule has 6 nitrogen and oxygen atoms in total. The number of carbonyl (C=O) groups excluding carboxylic acids is 2. The number of aryl methyl sites for hydroxylation is 3. The number of fused-ring (bicyclic) bond motifs is 5. The van der Waals surface area contributed by atoms with E-state index >= 15 is 0 Å². The zero-order chi connectivity index (χ0) is 21.5. The molecule has 5 atom stereocenters. The third kappa shape index (κ3) is 2.52. The van der Waals surface area contributed by atoms with E-state index in [1.807, 2.05) is 32.9 Å². The van der Waals surface area contributed by atoms with Gasteiger partial charge in [-0.1, -0.05) is 17.7 Å². The number of hydrogen-bond donors (Lipinski definition) is 2. The van der Waals surface area contributed by atoms with E-state index in [0.717, 1.165) is 22.3 Å². The summed E-state index contributed by atoms with van der Waals surface area (Å²) in [5.74, 6) is -0.847. The summed E-state index contributed by atoms with van der Waals surface area (Å²) in [5.41, 5.74) is 5.32. The van der Waals surface area contributed by atoms with Crippen LogP contribution in [0.25, 0.3) is 0 Å². The molecule has 2 aromatic rings. The van der Waals surface area contributed by atoms with Crippen LogP contribution in [0.1, 0.15) is 70.8 Å². The number of rotatable bonds is 3. The van der Waals surface area contributed by atoms with Crippen molar-refractivity contribution in [3.05, 3.63) is 45.5 Å². The van der Waals surface area contributed by atoms with Crippen LogP contribution in [-0.2, 0) is 21.4 Å². The fraction of sp³-hybridized carbons (Fsp3) is 0.500. The summed E-state index contributed by atoms with van der Waals surface area (Å²) in [6.45, 7) is 5.96. The van der Waals surface area contributed by atoms with E-state index < -0.39 is 5.92 Å². The third-order valence-corrected chi connectivity index (χ3v) is 7.34. The van der Waals surface area contributed by atoms with Crippen molar-refractivity contribution in [1.82, 2.24) is 4.57 Å². The molecule has 6 heteroatoms. The first kappa shape index (κ1) is 19.4. The number of ketones is 2. The maximum atomic E-state index is 13.3. The topological polar surface area (TPSA) is 88.8 Å². The van der Waals surface area contributed by atoms with Gasteiger partial charge < -0.3 is 14.9 Å². The number of carbonyl (C=O) groups is 2. The molecule has 3 heterocycles. The highest BCUT2D eigenvalue weighted by molar-refractivity contribution is 6.15. The Morgan fingerprint density at radius 3 is 2.33 bits per heavy atom. The van der Waals surface area contributed by atoms with Crippen LogP contribution >= 0.6 is 0 Å². The van der Waals surface area contributed by atoms with E-state index in [1.54, 1.807) is 7.05 Å². The molecular formula is C24H27NO5. The summed E-state index contributed by atoms with van der Waals surface area (Å²) >= 11 is 0. The Labute approximate surface area is 175 Å². The lowest BCUT2D eigenvalue weighted by Gasteiger charge is -2.22. The smallest absolute Gasteiger partial charge is 0.200 e. The van der Waals surface area contributed by atoms with E-state index in [0.29, 0.717) is 24.0 Å². The molecular weight excluding hydrogens is 382 g/mol. The highest BCUT2D eigenvalue weighted by atomic mass is 16.5. The van der Waals surface area contributed by atoms with Gasteiger partial charge in [-0.25, -0.2) is 0 Å². The van der Waals surface area contributed by atoms with Gasteiger partial charge in [0.05, 0.1) is 23.3 Å². The number of benzene rings is 1. The van der Waals surface area contributed by atoms with Crippen LogP contribution in [-0.4, -0.2) is 26.3 Å². The van der Waals surface area contributed by atoms with E-state index in [-0.39, 0.29) is 53.8 Å². The number of Topliss-reactive ketones (excluding diaryl/α,β-unsaturated/α-hetero) is 2. The van der Waals surface area contributed by atoms with Gasteiger partial charge in [-0.3, -0.25) is 14.2 Å². The van der Waals surface area contributed by atoms with Crippen molar-refractivity contribution in [2.45, 2.75) is 58.2 Å². The van der Waals surface area contributed by atoms with Crippen LogP contribution < -0.4 is 0 Å². The Balaban J connectivity index is 1.40. The lowest BCUT2D eigenvalue weighted by Crippen LogP contribution is -2.21. The molecule has 2 fully saturated rings. The van der Waals surface area contributed by atoms with Gasteiger partial charge in [0, 0.05) is 19.4 Å². The largest absolute Gasteiger partial charge is 0.494 e. The van der Waals surface area contributed by atoms with Gasteiger partial charge >= 0.3 is 0 Å². The minimum absolute atomic E-state index is 0.00465. The average molecular weight is 409 g/mol. The zero-order valence-corrected chi connectivity index (χ0v) is 17.7. The van der Waals surface area contributed by atoms with E-state index in [2.05, 4.69) is 0 Å². The lowest BCUT2D eigenvalue weighted by molar-refractivity contribution is -0.125. The Hall–Kier alpha value is -2.60. The molecule has 2 N–H and O–H groups in total. The fourth-order valence-corrected chi connectivity index (χ4v) is 6.12. The standard InChI is InChI=1S/C24H27NO5/c1-10-5-11(2)17(12(3)6-10)18-15(26)8-13(21(18)27)7-14-9-16-19-20(22(14)30-16)24(29)25(4)23(19)28/h5-6,13-14,16,18,22,28-29H,7-9H2,1-4H3/t13?,14?,16-,18?,22+/m0/s1. The van der Waals surface area contributed by atoms with Crippen LogP contribution in [0.15, 0.2) is 12.1 Å². The Kier molecular flexibility index (Phi) is 4.16. The zero-order valence-electron chi connectivity index (χ0n) is 17.7. The minimum atomic E-state index is -0.667. The molecule has 158 valence electrons. The number of hydrogen-bond acceptors (Lipinski definition) is 5. The first-order valence-electron chi connectivity index (χ1n) is 10.6. The van der Waals surface area contributed by atoms with Crippen molar-refractivity contribution in [1.29, 1.82) is 0 Å². The van der Waals surface area contributed by atoms with Crippen molar-refractivity contribution in [3.63, 3.8) is 0 Å². The molecule has 3 aliphatic rings. The predicted molar refractivity (Wildman–Crippen MR) is 110 cm³/mol. The number of nitrogens with zero attached hydrogens (tertiary/aromatic N) is 1. The molecule has 1 aliphatic carbocycles. The fourth-order valence-electron chi connectivity index (χ4n) is 6.12. The first-order valence-corrected chi connectivity index (χ1v) is 10.6. The first-order chi connectivity index (χ1) is 14.2. The molecule has 1 saturated heterocycles. The molecule has 0 amide bonds. The lowest BCUT2D eigenvalue weighted by atomic mass is 9.79. The quantitative estimate of drug-likeness (QED) is 0.752. The van der Waals surface area contributed by atoms with E-state index in [1.165, 1.54) is 4.57 Å². The maximum Gasteiger partial charge on any atom is 0.200 e. The summed E-state index contributed by atoms with van der Waals surface area (Å²) in [6.07, 6.45) is 0.942. The summed E-state index contributed by atoms with van der Waals surface area (Å²) in [5, 5.41) is 20.7. The number of ether oxygens (including phenoxy) is 1. The Morgan fingerprint density at radius 1 is 1.03 bits per heavy atom. The minimum Gasteiger partial charge on any atom is -0.494 e. The summed E-state index contributed by atoms with van der Waals surface area (Å²) in [6, 6.07) is 4.07. The van der Waals surface area contributed by atoms with E-state index in [9.17, 15) is 19.8 Å². The third-order valence-electron chi connectivity index (χ3n) is 7.34. The van der Waals surface area contributed by atoms with Gasteiger partial charge in [0.2, 0.25) is 0 Å². The molecule has 2 aliphatic heterocycles. The van der Waals surface area contributed by atoms with Gasteiger partial charge in [0.1, 0.15) is 11.7 Å². The highest BCUT2D eigenvalue weighted by Crippen LogP contribution is 2.61. The monoisotopic (exact) mass is 409 g/mol. The molecule has 2 bridgehead atoms. The molecule has 1 aromatic carbocycles. The van der Waals surface area contributed by atoms with Gasteiger partial charge in [0.15, 0.2) is 17.5 Å². The average Bonchev–Trinajstić information content (AvgIpc) is 3.37. The van der Waals surface area contributed by atoms with E-state index in [4.69, 9.17) is 4.74 Å². The van der Waals surface area contributed by atoms with Gasteiger partial charge in [-0.2, -0.15) is 0 Å². The van der Waals surface area contributed by atoms with Crippen molar-refractivity contribution < 1.29 is 24.5 Å². The van der Waals surface area contributed by atoms with Crippen LogP contribution in [0.5, 0.6) is 11.8 Å². The Morgan fingerprint density at radius 2 is 1.67 bits per heavy atom. The van der Waals surface area contributed by atoms with Crippen molar-refractivity contribution in [2.24, 2.45) is 18.9 Å². The highest BCUT2D eigenvalue weighted by Gasteiger charge is 2.52. The molecule has 1 saturated carbocycles. The number of aromatic hydroxyl groups is 2.